The predicted octanol–water partition coefficient (Wildman–Crippen LogP) is 3.60. The molecule has 4 nitrogen and oxygen atoms in total. The van der Waals surface area contributed by atoms with Crippen LogP contribution in [0.15, 0.2) is 65.8 Å². The van der Waals surface area contributed by atoms with Gasteiger partial charge in [-0.3, -0.25) is 4.57 Å². The van der Waals surface area contributed by atoms with Crippen LogP contribution in [0.25, 0.3) is 17.1 Å². The van der Waals surface area contributed by atoms with Crippen molar-refractivity contribution in [2.45, 2.75) is 4.90 Å². The van der Waals surface area contributed by atoms with Gasteiger partial charge in [0.1, 0.15) is 5.82 Å². The lowest BCUT2D eigenvalue weighted by atomic mass is 10.2. The van der Waals surface area contributed by atoms with E-state index in [4.69, 9.17) is 11.6 Å². The third kappa shape index (κ3) is 2.91. The Morgan fingerprint density at radius 1 is 1.00 bits per heavy atom. The Morgan fingerprint density at radius 3 is 2.23 bits per heavy atom. The average Bonchev–Trinajstić information content (AvgIpc) is 2.97. The van der Waals surface area contributed by atoms with Crippen LogP contribution >= 0.6 is 11.6 Å². The Bertz CT molecular complexity index is 898. The molecule has 0 aliphatic carbocycles. The molecule has 0 aliphatic rings. The summed E-state index contributed by atoms with van der Waals surface area (Å²) in [6.07, 6.45) is 4.74. The van der Waals surface area contributed by atoms with E-state index >= 15 is 0 Å². The van der Waals surface area contributed by atoms with E-state index in [1.165, 1.54) is 6.26 Å². The first kappa shape index (κ1) is 14.8. The number of hydrogen-bond acceptors (Lipinski definition) is 3. The van der Waals surface area contributed by atoms with Crippen molar-refractivity contribution in [1.29, 1.82) is 0 Å². The average molecular weight is 333 g/mol. The van der Waals surface area contributed by atoms with Crippen LogP contribution in [0.1, 0.15) is 0 Å². The highest BCUT2D eigenvalue weighted by Gasteiger charge is 2.10. The van der Waals surface area contributed by atoms with Gasteiger partial charge >= 0.3 is 0 Å². The fourth-order valence-corrected chi connectivity index (χ4v) is 2.93. The minimum Gasteiger partial charge on any atom is -0.300 e. The summed E-state index contributed by atoms with van der Waals surface area (Å²) in [4.78, 5) is 4.65. The Morgan fingerprint density at radius 2 is 1.64 bits per heavy atom. The van der Waals surface area contributed by atoms with Crippen molar-refractivity contribution in [2.24, 2.45) is 0 Å². The van der Waals surface area contributed by atoms with E-state index in [1.807, 2.05) is 35.0 Å². The van der Waals surface area contributed by atoms with Gasteiger partial charge < -0.3 is 0 Å². The summed E-state index contributed by atoms with van der Waals surface area (Å²) in [5, 5.41) is 0.669. The number of halogens is 1. The largest absolute Gasteiger partial charge is 0.300 e. The molecule has 3 aromatic rings. The lowest BCUT2D eigenvalue weighted by molar-refractivity contribution is 0.602. The Kier molecular flexibility index (Phi) is 3.76. The molecular weight excluding hydrogens is 320 g/mol. The van der Waals surface area contributed by atoms with Crippen LogP contribution in [0.5, 0.6) is 0 Å². The second kappa shape index (κ2) is 5.59. The molecule has 1 heterocycles. The number of benzene rings is 2. The number of rotatable bonds is 3. The molecule has 0 unspecified atom stereocenters. The molecule has 6 heteroatoms. The van der Waals surface area contributed by atoms with Crippen molar-refractivity contribution in [2.75, 3.05) is 6.26 Å². The molecule has 0 fully saturated rings. The summed E-state index contributed by atoms with van der Waals surface area (Å²) in [7, 11) is -3.20. The lowest BCUT2D eigenvalue weighted by Gasteiger charge is -2.08. The maximum atomic E-state index is 11.5. The number of imidazole rings is 1. The van der Waals surface area contributed by atoms with Crippen molar-refractivity contribution in [3.63, 3.8) is 0 Å². The van der Waals surface area contributed by atoms with Crippen molar-refractivity contribution in [1.82, 2.24) is 9.55 Å². The molecule has 0 amide bonds. The van der Waals surface area contributed by atoms with E-state index in [0.29, 0.717) is 9.92 Å². The quantitative estimate of drug-likeness (QED) is 0.736. The van der Waals surface area contributed by atoms with Gasteiger partial charge in [-0.1, -0.05) is 11.6 Å². The van der Waals surface area contributed by atoms with E-state index in [1.54, 1.807) is 30.5 Å². The highest BCUT2D eigenvalue weighted by molar-refractivity contribution is 7.90. The normalized spacial score (nSPS) is 11.5. The standard InChI is InChI=1S/C16H13ClN2O2S/c1-22(20,21)15-8-2-12(3-9-15)16-18-10-11-19(16)14-6-4-13(17)5-7-14/h2-11H,1H3. The molecule has 0 N–H and O–H groups in total. The monoisotopic (exact) mass is 332 g/mol. The van der Waals surface area contributed by atoms with Gasteiger partial charge in [0.15, 0.2) is 9.84 Å². The fourth-order valence-electron chi connectivity index (χ4n) is 2.18. The maximum absolute atomic E-state index is 11.5. The van der Waals surface area contributed by atoms with Gasteiger partial charge in [-0.05, 0) is 48.5 Å². The SMILES string of the molecule is CS(=O)(=O)c1ccc(-c2nccn2-c2ccc(Cl)cc2)cc1. The van der Waals surface area contributed by atoms with Crippen LogP contribution in [-0.2, 0) is 9.84 Å². The predicted molar refractivity (Wildman–Crippen MR) is 87.1 cm³/mol. The number of sulfone groups is 1. The Balaban J connectivity index is 2.03. The smallest absolute Gasteiger partial charge is 0.175 e. The highest BCUT2D eigenvalue weighted by Crippen LogP contribution is 2.23. The molecule has 0 bridgehead atoms. The molecule has 112 valence electrons. The van der Waals surface area contributed by atoms with E-state index in [-0.39, 0.29) is 0 Å². The summed E-state index contributed by atoms with van der Waals surface area (Å²) in [6, 6.07) is 14.1. The summed E-state index contributed by atoms with van der Waals surface area (Å²) >= 11 is 5.91. The van der Waals surface area contributed by atoms with E-state index in [0.717, 1.165) is 17.1 Å². The highest BCUT2D eigenvalue weighted by atomic mass is 35.5. The van der Waals surface area contributed by atoms with Crippen LogP contribution in [0, 0.1) is 0 Å². The lowest BCUT2D eigenvalue weighted by Crippen LogP contribution is -1.98. The second-order valence-electron chi connectivity index (χ2n) is 4.89. The van der Waals surface area contributed by atoms with E-state index in [9.17, 15) is 8.42 Å². The minimum atomic E-state index is -3.20. The van der Waals surface area contributed by atoms with Crippen molar-refractivity contribution in [3.8, 4) is 17.1 Å². The first-order chi connectivity index (χ1) is 10.4. The Hall–Kier alpha value is -2.11. The molecule has 0 saturated carbocycles. The Labute approximate surface area is 133 Å². The number of aromatic nitrogens is 2. The molecule has 0 atom stereocenters. The third-order valence-electron chi connectivity index (χ3n) is 3.29. The van der Waals surface area contributed by atoms with Gasteiger partial charge in [0, 0.05) is 34.9 Å². The number of nitrogens with zero attached hydrogens (tertiary/aromatic N) is 2. The molecule has 22 heavy (non-hydrogen) atoms. The van der Waals surface area contributed by atoms with Crippen LogP contribution in [0.4, 0.5) is 0 Å². The molecule has 1 aromatic heterocycles. The topological polar surface area (TPSA) is 52.0 Å². The van der Waals surface area contributed by atoms with Crippen LogP contribution in [0.2, 0.25) is 5.02 Å². The molecular formula is C16H13ClN2O2S. The summed E-state index contributed by atoms with van der Waals surface area (Å²) in [5.41, 5.74) is 1.77. The van der Waals surface area contributed by atoms with E-state index < -0.39 is 9.84 Å². The minimum absolute atomic E-state index is 0.292. The maximum Gasteiger partial charge on any atom is 0.175 e. The van der Waals surface area contributed by atoms with Crippen molar-refractivity contribution in [3.05, 3.63) is 65.9 Å². The van der Waals surface area contributed by atoms with Gasteiger partial charge in [-0.25, -0.2) is 13.4 Å². The van der Waals surface area contributed by atoms with Gasteiger partial charge in [-0.2, -0.15) is 0 Å². The van der Waals surface area contributed by atoms with Crippen LogP contribution in [-0.4, -0.2) is 24.2 Å². The molecule has 0 saturated heterocycles. The van der Waals surface area contributed by atoms with Crippen molar-refractivity contribution < 1.29 is 8.42 Å². The van der Waals surface area contributed by atoms with Crippen LogP contribution in [0.3, 0.4) is 0 Å². The first-order valence-corrected chi connectivity index (χ1v) is 8.82. The molecule has 0 aliphatic heterocycles. The number of hydrogen-bond donors (Lipinski definition) is 0. The second-order valence-corrected chi connectivity index (χ2v) is 7.35. The molecule has 2 aromatic carbocycles. The van der Waals surface area contributed by atoms with Gasteiger partial charge in [0.05, 0.1) is 4.90 Å². The zero-order valence-corrected chi connectivity index (χ0v) is 13.3. The summed E-state index contributed by atoms with van der Waals surface area (Å²) < 4.78 is 25.0. The van der Waals surface area contributed by atoms with E-state index in [2.05, 4.69) is 4.98 Å². The van der Waals surface area contributed by atoms with Gasteiger partial charge in [0.2, 0.25) is 0 Å². The summed E-state index contributed by atoms with van der Waals surface area (Å²) in [6.45, 7) is 0. The third-order valence-corrected chi connectivity index (χ3v) is 4.67. The zero-order valence-electron chi connectivity index (χ0n) is 11.8. The summed E-state index contributed by atoms with van der Waals surface area (Å²) in [5.74, 6) is 0.738. The van der Waals surface area contributed by atoms with Crippen LogP contribution < -0.4 is 0 Å². The molecule has 0 radical (unpaired) electrons. The molecule has 0 spiro atoms. The zero-order chi connectivity index (χ0) is 15.7. The van der Waals surface area contributed by atoms with Gasteiger partial charge in [-0.15, -0.1) is 0 Å². The molecule has 3 rings (SSSR count). The fraction of sp³-hybridized carbons (Fsp3) is 0.0625. The van der Waals surface area contributed by atoms with Gasteiger partial charge in [0.25, 0.3) is 0 Å². The van der Waals surface area contributed by atoms with Crippen molar-refractivity contribution >= 4 is 21.4 Å². The first-order valence-electron chi connectivity index (χ1n) is 6.55.